The van der Waals surface area contributed by atoms with Crippen LogP contribution < -0.4 is 10.9 Å². The van der Waals surface area contributed by atoms with Gasteiger partial charge in [-0.15, -0.1) is 11.3 Å². The van der Waals surface area contributed by atoms with Crippen LogP contribution in [0.25, 0.3) is 4.96 Å². The fourth-order valence-corrected chi connectivity index (χ4v) is 2.46. The molecule has 0 bridgehead atoms. The number of nitrogens with one attached hydrogen (secondary N) is 1. The lowest BCUT2D eigenvalue weighted by molar-refractivity contribution is 0.0936. The molecule has 2 heterocycles. The summed E-state index contributed by atoms with van der Waals surface area (Å²) >= 11 is 1.36. The summed E-state index contributed by atoms with van der Waals surface area (Å²) in [6.45, 7) is 3.98. The van der Waals surface area contributed by atoms with Crippen LogP contribution in [-0.4, -0.2) is 21.3 Å². The average molecular weight is 265 g/mol. The van der Waals surface area contributed by atoms with Crippen molar-refractivity contribution in [3.63, 3.8) is 0 Å². The molecule has 2 rings (SSSR count). The fourth-order valence-electron chi connectivity index (χ4n) is 1.79. The first-order valence-electron chi connectivity index (χ1n) is 5.89. The number of rotatable bonds is 4. The number of carbonyl (C=O) groups excluding carboxylic acids is 1. The molecule has 0 aliphatic rings. The lowest BCUT2D eigenvalue weighted by Crippen LogP contribution is -2.36. The molecule has 0 unspecified atom stereocenters. The van der Waals surface area contributed by atoms with E-state index in [0.29, 0.717) is 4.96 Å². The molecule has 0 aromatic carbocycles. The van der Waals surface area contributed by atoms with Crippen molar-refractivity contribution in [1.29, 1.82) is 0 Å². The van der Waals surface area contributed by atoms with Crippen LogP contribution in [-0.2, 0) is 0 Å². The second-order valence-electron chi connectivity index (χ2n) is 4.20. The van der Waals surface area contributed by atoms with Crippen molar-refractivity contribution >= 4 is 22.2 Å². The van der Waals surface area contributed by atoms with E-state index in [1.54, 1.807) is 11.6 Å². The van der Waals surface area contributed by atoms with Crippen molar-refractivity contribution in [2.75, 3.05) is 0 Å². The third-order valence-electron chi connectivity index (χ3n) is 2.69. The van der Waals surface area contributed by atoms with Crippen LogP contribution >= 0.6 is 11.3 Å². The number of carbonyl (C=O) groups is 1. The Labute approximate surface area is 108 Å². The number of hydrogen-bond acceptors (Lipinski definition) is 4. The number of nitrogens with zero attached hydrogens (tertiary/aromatic N) is 2. The smallest absolute Gasteiger partial charge is 0.271 e. The normalized spacial score (nSPS) is 12.6. The molecule has 96 valence electrons. The molecule has 2 aromatic heterocycles. The molecule has 2 aromatic rings. The highest BCUT2D eigenvalue weighted by Crippen LogP contribution is 2.06. The SMILES string of the molecule is CCC[C@@H](C)NC(=O)c1cnc2sccn2c1=O. The monoisotopic (exact) mass is 265 g/mol. The summed E-state index contributed by atoms with van der Waals surface area (Å²) in [5.41, 5.74) is -0.226. The van der Waals surface area contributed by atoms with Gasteiger partial charge in [-0.3, -0.25) is 14.0 Å². The summed E-state index contributed by atoms with van der Waals surface area (Å²) < 4.78 is 1.39. The van der Waals surface area contributed by atoms with Gasteiger partial charge >= 0.3 is 0 Å². The molecule has 0 fully saturated rings. The predicted octanol–water partition coefficient (Wildman–Crippen LogP) is 1.67. The molecule has 0 aliphatic carbocycles. The molecule has 5 nitrogen and oxygen atoms in total. The van der Waals surface area contributed by atoms with Gasteiger partial charge in [-0.1, -0.05) is 13.3 Å². The van der Waals surface area contributed by atoms with Gasteiger partial charge in [-0.25, -0.2) is 4.98 Å². The molecular formula is C12H15N3O2S. The van der Waals surface area contributed by atoms with Crippen LogP contribution in [0.5, 0.6) is 0 Å². The van der Waals surface area contributed by atoms with Crippen LogP contribution in [0.2, 0.25) is 0 Å². The van der Waals surface area contributed by atoms with E-state index in [9.17, 15) is 9.59 Å². The summed E-state index contributed by atoms with van der Waals surface area (Å²) in [4.78, 5) is 28.7. The standard InChI is InChI=1S/C12H15N3O2S/c1-3-4-8(2)14-10(16)9-7-13-12-15(11(9)17)5-6-18-12/h5-8H,3-4H2,1-2H3,(H,14,16)/t8-/m1/s1. The first-order valence-corrected chi connectivity index (χ1v) is 6.77. The minimum atomic E-state index is -0.353. The Morgan fingerprint density at radius 3 is 3.11 bits per heavy atom. The predicted molar refractivity (Wildman–Crippen MR) is 71.2 cm³/mol. The maximum atomic E-state index is 12.0. The molecule has 0 spiro atoms. The van der Waals surface area contributed by atoms with Crippen LogP contribution in [0.15, 0.2) is 22.6 Å². The Kier molecular flexibility index (Phi) is 3.76. The Hall–Kier alpha value is -1.69. The molecule has 0 radical (unpaired) electrons. The second-order valence-corrected chi connectivity index (χ2v) is 5.07. The highest BCUT2D eigenvalue weighted by atomic mass is 32.1. The van der Waals surface area contributed by atoms with Crippen LogP contribution in [0.3, 0.4) is 0 Å². The van der Waals surface area contributed by atoms with E-state index < -0.39 is 0 Å². The third-order valence-corrected chi connectivity index (χ3v) is 3.46. The highest BCUT2D eigenvalue weighted by Gasteiger charge is 2.15. The number of thiazole rings is 1. The van der Waals surface area contributed by atoms with E-state index in [-0.39, 0.29) is 23.1 Å². The van der Waals surface area contributed by atoms with Gasteiger partial charge in [-0.2, -0.15) is 0 Å². The first kappa shape index (κ1) is 12.8. The second kappa shape index (κ2) is 5.30. The number of amides is 1. The summed E-state index contributed by atoms with van der Waals surface area (Å²) in [5.74, 6) is -0.353. The Morgan fingerprint density at radius 1 is 1.61 bits per heavy atom. The molecule has 0 saturated heterocycles. The van der Waals surface area contributed by atoms with Gasteiger partial charge in [0.2, 0.25) is 0 Å². The number of fused-ring (bicyclic) bond motifs is 1. The molecule has 1 amide bonds. The maximum Gasteiger partial charge on any atom is 0.271 e. The van der Waals surface area contributed by atoms with E-state index in [1.165, 1.54) is 21.9 Å². The quantitative estimate of drug-likeness (QED) is 0.914. The summed E-state index contributed by atoms with van der Waals surface area (Å²) in [5, 5.41) is 4.57. The van der Waals surface area contributed by atoms with Gasteiger partial charge in [0.15, 0.2) is 4.96 Å². The Balaban J connectivity index is 2.28. The van der Waals surface area contributed by atoms with Crippen molar-refractivity contribution in [2.45, 2.75) is 32.7 Å². The zero-order valence-electron chi connectivity index (χ0n) is 10.3. The van der Waals surface area contributed by atoms with E-state index in [4.69, 9.17) is 0 Å². The van der Waals surface area contributed by atoms with Gasteiger partial charge in [0.05, 0.1) is 0 Å². The van der Waals surface area contributed by atoms with E-state index >= 15 is 0 Å². The van der Waals surface area contributed by atoms with Gasteiger partial charge in [-0.05, 0) is 13.3 Å². The molecule has 1 atom stereocenters. The van der Waals surface area contributed by atoms with Crippen molar-refractivity contribution in [1.82, 2.24) is 14.7 Å². The minimum Gasteiger partial charge on any atom is -0.349 e. The Bertz CT molecular complexity index is 617. The van der Waals surface area contributed by atoms with Gasteiger partial charge in [0.25, 0.3) is 11.5 Å². The van der Waals surface area contributed by atoms with Gasteiger partial charge in [0.1, 0.15) is 5.56 Å². The Morgan fingerprint density at radius 2 is 2.39 bits per heavy atom. The third kappa shape index (κ3) is 2.43. The number of hydrogen-bond donors (Lipinski definition) is 1. The van der Waals surface area contributed by atoms with Crippen LogP contribution in [0.4, 0.5) is 0 Å². The lowest BCUT2D eigenvalue weighted by Gasteiger charge is -2.12. The molecule has 0 aliphatic heterocycles. The van der Waals surface area contributed by atoms with Crippen molar-refractivity contribution in [3.05, 3.63) is 33.7 Å². The largest absolute Gasteiger partial charge is 0.349 e. The zero-order valence-corrected chi connectivity index (χ0v) is 11.2. The van der Waals surface area contributed by atoms with Crippen molar-refractivity contribution in [2.24, 2.45) is 0 Å². The summed E-state index contributed by atoms with van der Waals surface area (Å²) in [7, 11) is 0. The van der Waals surface area contributed by atoms with E-state index in [0.717, 1.165) is 12.8 Å². The van der Waals surface area contributed by atoms with Crippen molar-refractivity contribution < 1.29 is 4.79 Å². The maximum absolute atomic E-state index is 12.0. The topological polar surface area (TPSA) is 63.5 Å². The van der Waals surface area contributed by atoms with Crippen LogP contribution in [0.1, 0.15) is 37.0 Å². The average Bonchev–Trinajstić information content (AvgIpc) is 2.78. The van der Waals surface area contributed by atoms with Gasteiger partial charge < -0.3 is 5.32 Å². The molecule has 0 saturated carbocycles. The summed E-state index contributed by atoms with van der Waals surface area (Å²) in [6.07, 6.45) is 4.85. The van der Waals surface area contributed by atoms with Gasteiger partial charge in [0, 0.05) is 23.8 Å². The molecule has 1 N–H and O–H groups in total. The lowest BCUT2D eigenvalue weighted by atomic mass is 10.2. The van der Waals surface area contributed by atoms with Crippen LogP contribution in [0, 0.1) is 0 Å². The zero-order chi connectivity index (χ0) is 13.1. The van der Waals surface area contributed by atoms with E-state index in [2.05, 4.69) is 17.2 Å². The summed E-state index contributed by atoms with van der Waals surface area (Å²) in [6, 6.07) is 0.0603. The molecule has 18 heavy (non-hydrogen) atoms. The van der Waals surface area contributed by atoms with E-state index in [1.807, 2.05) is 6.92 Å². The number of aromatic nitrogens is 2. The fraction of sp³-hybridized carbons (Fsp3) is 0.417. The molecular weight excluding hydrogens is 250 g/mol. The first-order chi connectivity index (χ1) is 8.63. The highest BCUT2D eigenvalue weighted by molar-refractivity contribution is 7.15. The van der Waals surface area contributed by atoms with Crippen molar-refractivity contribution in [3.8, 4) is 0 Å². The minimum absolute atomic E-state index is 0.0603. The molecule has 6 heteroatoms.